The third-order valence-electron chi connectivity index (χ3n) is 6.88. The number of aliphatic hydroxyl groups excluding tert-OH is 1. The first-order valence-corrected chi connectivity index (χ1v) is 11.5. The molecule has 0 heterocycles. The van der Waals surface area contributed by atoms with E-state index in [1.807, 2.05) is 0 Å². The molecule has 3 rings (SSSR count). The zero-order chi connectivity index (χ0) is 24.1. The molecule has 2 saturated carbocycles. The highest BCUT2D eigenvalue weighted by molar-refractivity contribution is 5.33. The van der Waals surface area contributed by atoms with Crippen LogP contribution in [-0.2, 0) is 9.47 Å². The first kappa shape index (κ1) is 25.5. The second-order valence-corrected chi connectivity index (χ2v) is 9.02. The molecule has 0 atom stereocenters. The van der Waals surface area contributed by atoms with Crippen LogP contribution in [0.15, 0.2) is 48.3 Å². The highest BCUT2D eigenvalue weighted by Crippen LogP contribution is 2.40. The van der Waals surface area contributed by atoms with Crippen LogP contribution in [0.1, 0.15) is 74.3 Å². The summed E-state index contributed by atoms with van der Waals surface area (Å²) >= 11 is 0. The minimum absolute atomic E-state index is 0.0606. The van der Waals surface area contributed by atoms with E-state index >= 15 is 0 Å². The lowest BCUT2D eigenvalue weighted by Crippen LogP contribution is -2.23. The number of ether oxygens (including phenoxy) is 2. The molecule has 2 aliphatic carbocycles. The van der Waals surface area contributed by atoms with Gasteiger partial charge in [0.05, 0.1) is 25.9 Å². The van der Waals surface area contributed by atoms with Crippen LogP contribution in [0.3, 0.4) is 0 Å². The fourth-order valence-electron chi connectivity index (χ4n) is 4.79. The maximum atomic E-state index is 14.9. The van der Waals surface area contributed by atoms with Gasteiger partial charge in [0, 0.05) is 5.57 Å². The number of hydrogen-bond acceptors (Lipinski definition) is 3. The molecule has 0 aromatic heterocycles. The lowest BCUT2D eigenvalue weighted by molar-refractivity contribution is 0.0380. The molecule has 7 heteroatoms. The fourth-order valence-corrected chi connectivity index (χ4v) is 4.79. The summed E-state index contributed by atoms with van der Waals surface area (Å²) in [4.78, 5) is 0. The predicted octanol–water partition coefficient (Wildman–Crippen LogP) is 6.89. The molecular weight excluding hydrogens is 436 g/mol. The van der Waals surface area contributed by atoms with E-state index in [0.29, 0.717) is 62.5 Å². The van der Waals surface area contributed by atoms with E-state index in [1.54, 1.807) is 12.1 Å². The van der Waals surface area contributed by atoms with Gasteiger partial charge in [0.15, 0.2) is 23.3 Å². The van der Waals surface area contributed by atoms with Crippen molar-refractivity contribution in [2.24, 2.45) is 0 Å². The topological polar surface area (TPSA) is 38.7 Å². The van der Waals surface area contributed by atoms with Crippen LogP contribution in [0.25, 0.3) is 0 Å². The molecule has 0 unspecified atom stereocenters. The third kappa shape index (κ3) is 6.07. The largest absolute Gasteiger partial charge is 0.494 e. The zero-order valence-corrected chi connectivity index (χ0v) is 19.0. The number of methoxy groups -OCH3 is 1. The molecule has 0 amide bonds. The Morgan fingerprint density at radius 2 is 1.36 bits per heavy atom. The van der Waals surface area contributed by atoms with Gasteiger partial charge >= 0.3 is 0 Å². The molecule has 0 bridgehead atoms. The summed E-state index contributed by atoms with van der Waals surface area (Å²) in [5.41, 5.74) is 0.632. The monoisotopic (exact) mass is 468 g/mol. The molecule has 0 radical (unpaired) electrons. The van der Waals surface area contributed by atoms with Gasteiger partial charge in [-0.15, -0.1) is 0 Å². The Morgan fingerprint density at radius 1 is 0.879 bits per heavy atom. The van der Waals surface area contributed by atoms with Crippen LogP contribution in [0, 0.1) is 11.6 Å². The molecule has 182 valence electrons. The van der Waals surface area contributed by atoms with Gasteiger partial charge in [-0.1, -0.05) is 25.3 Å². The number of aliphatic hydroxyl groups is 1. The average molecular weight is 469 g/mol. The van der Waals surface area contributed by atoms with E-state index in [1.165, 1.54) is 7.11 Å². The van der Waals surface area contributed by atoms with Crippen molar-refractivity contribution >= 4 is 0 Å². The lowest BCUT2D eigenvalue weighted by atomic mass is 9.79. The molecule has 1 aromatic carbocycles. The summed E-state index contributed by atoms with van der Waals surface area (Å²) in [6, 6.07) is 3.39. The Balaban J connectivity index is 1.55. The molecule has 0 aliphatic heterocycles. The highest BCUT2D eigenvalue weighted by Gasteiger charge is 2.29. The molecule has 1 aromatic rings. The van der Waals surface area contributed by atoms with Crippen molar-refractivity contribution in [3.63, 3.8) is 0 Å². The van der Waals surface area contributed by atoms with Gasteiger partial charge in [0.1, 0.15) is 5.76 Å². The van der Waals surface area contributed by atoms with Crippen molar-refractivity contribution in [2.45, 2.75) is 75.4 Å². The molecule has 33 heavy (non-hydrogen) atoms. The minimum atomic E-state index is -1.21. The average Bonchev–Trinajstić information content (AvgIpc) is 2.83. The van der Waals surface area contributed by atoms with E-state index < -0.39 is 29.0 Å². The first-order valence-electron chi connectivity index (χ1n) is 11.5. The Kier molecular flexibility index (Phi) is 8.76. The maximum Gasteiger partial charge on any atom is 0.200 e. The Labute approximate surface area is 192 Å². The van der Waals surface area contributed by atoms with E-state index in [2.05, 4.69) is 17.9 Å². The van der Waals surface area contributed by atoms with Crippen LogP contribution < -0.4 is 0 Å². The van der Waals surface area contributed by atoms with Gasteiger partial charge in [-0.3, -0.25) is 0 Å². The van der Waals surface area contributed by atoms with E-state index in [-0.39, 0.29) is 36.2 Å². The van der Waals surface area contributed by atoms with Crippen molar-refractivity contribution in [3.8, 4) is 0 Å². The zero-order valence-electron chi connectivity index (χ0n) is 19.0. The van der Waals surface area contributed by atoms with Crippen molar-refractivity contribution in [3.05, 3.63) is 71.0 Å². The number of rotatable bonds is 8. The Morgan fingerprint density at radius 3 is 1.85 bits per heavy atom. The predicted molar refractivity (Wildman–Crippen MR) is 119 cm³/mol. The smallest absolute Gasteiger partial charge is 0.200 e. The molecule has 1 N–H and O–H groups in total. The Hall–Kier alpha value is -2.12. The SMILES string of the molecule is C=C(COC1CCC(c2ccc(C3CCC(O)CC3)c(F)c2F)CC1)/C(F)=C(/F)C(=C)OC. The van der Waals surface area contributed by atoms with Crippen molar-refractivity contribution in [1.29, 1.82) is 0 Å². The van der Waals surface area contributed by atoms with Crippen LogP contribution in [0.2, 0.25) is 0 Å². The summed E-state index contributed by atoms with van der Waals surface area (Å²) < 4.78 is 67.8. The minimum Gasteiger partial charge on any atom is -0.494 e. The van der Waals surface area contributed by atoms with Gasteiger partial charge in [0.25, 0.3) is 0 Å². The van der Waals surface area contributed by atoms with Crippen molar-refractivity contribution in [1.82, 2.24) is 0 Å². The summed E-state index contributed by atoms with van der Waals surface area (Å²) in [6.07, 6.45) is 4.40. The van der Waals surface area contributed by atoms with Gasteiger partial charge in [-0.05, 0) is 74.3 Å². The van der Waals surface area contributed by atoms with E-state index in [4.69, 9.17) is 4.74 Å². The molecule has 2 fully saturated rings. The van der Waals surface area contributed by atoms with Crippen molar-refractivity contribution < 1.29 is 32.1 Å². The molecular formula is C26H32F4O3. The van der Waals surface area contributed by atoms with Crippen LogP contribution >= 0.6 is 0 Å². The van der Waals surface area contributed by atoms with Crippen LogP contribution in [0.5, 0.6) is 0 Å². The number of allylic oxidation sites excluding steroid dienone is 1. The van der Waals surface area contributed by atoms with Gasteiger partial charge in [-0.2, -0.15) is 4.39 Å². The van der Waals surface area contributed by atoms with Crippen LogP contribution in [0.4, 0.5) is 17.6 Å². The lowest BCUT2D eigenvalue weighted by Gasteiger charge is -2.30. The van der Waals surface area contributed by atoms with E-state index in [0.717, 1.165) is 0 Å². The van der Waals surface area contributed by atoms with E-state index in [9.17, 15) is 22.7 Å². The quantitative estimate of drug-likeness (QED) is 0.256. The maximum absolute atomic E-state index is 14.9. The summed E-state index contributed by atoms with van der Waals surface area (Å²) in [7, 11) is 1.19. The number of halogens is 4. The molecule has 0 saturated heterocycles. The summed E-state index contributed by atoms with van der Waals surface area (Å²) in [6.45, 7) is 6.60. The number of hydrogen-bond donors (Lipinski definition) is 1. The fraction of sp³-hybridized carbons (Fsp3) is 0.538. The Bertz CT molecular complexity index is 895. The molecule has 0 spiro atoms. The molecule has 3 nitrogen and oxygen atoms in total. The van der Waals surface area contributed by atoms with Gasteiger partial charge < -0.3 is 14.6 Å². The second kappa shape index (κ2) is 11.3. The molecule has 2 aliphatic rings. The van der Waals surface area contributed by atoms with Gasteiger partial charge in [-0.25, -0.2) is 13.2 Å². The first-order chi connectivity index (χ1) is 15.7. The highest BCUT2D eigenvalue weighted by atomic mass is 19.2. The van der Waals surface area contributed by atoms with Gasteiger partial charge in [0.2, 0.25) is 0 Å². The summed E-state index contributed by atoms with van der Waals surface area (Å²) in [5, 5.41) is 9.66. The van der Waals surface area contributed by atoms with Crippen molar-refractivity contribution in [2.75, 3.05) is 13.7 Å². The standard InChI is InChI=1S/C26H32F4O3/c1-15(23(27)24(28)16(2)32-3)14-33-20-10-6-18(7-11-20)22-13-12-21(25(29)26(22)30)17-4-8-19(31)9-5-17/h12-13,17-20,31H,1-2,4-11,14H2,3H3/b24-23-. The normalized spacial score (nSPS) is 26.5. The number of benzene rings is 1. The third-order valence-corrected chi connectivity index (χ3v) is 6.88. The summed E-state index contributed by atoms with van der Waals surface area (Å²) in [5.74, 6) is -4.52. The second-order valence-electron chi connectivity index (χ2n) is 9.02. The van der Waals surface area contributed by atoms with Crippen LogP contribution in [-0.4, -0.2) is 31.0 Å².